The SMILES string of the molecule is CCCCCCCCCCCCCCCCCCOC[C@H](COP(=O)(O)OC[C@@H]1C[C@@H](O)[C@](C#N)(c2ccc3c(N)ncnn23)O1)OCc1cncc(S(C)(=O)=O)c1. The molecule has 3 aromatic rings. The Bertz CT molecular complexity index is 1880. The lowest BCUT2D eigenvalue weighted by molar-refractivity contribution is -0.0674. The van der Waals surface area contributed by atoms with E-state index in [9.17, 15) is 28.2 Å². The highest BCUT2D eigenvalue weighted by atomic mass is 32.2. The van der Waals surface area contributed by atoms with Crippen LogP contribution in [-0.4, -0.2) is 89.0 Å². The number of phosphoric ester groups is 1. The maximum atomic E-state index is 13.0. The van der Waals surface area contributed by atoms with Crippen LogP contribution in [0, 0.1) is 11.3 Å². The Kier molecular flexibility index (Phi) is 19.9. The Labute approximate surface area is 343 Å². The summed E-state index contributed by atoms with van der Waals surface area (Å²) >= 11 is 0. The number of hydrogen-bond acceptors (Lipinski definition) is 14. The van der Waals surface area contributed by atoms with Crippen LogP contribution in [0.1, 0.15) is 127 Å². The summed E-state index contributed by atoms with van der Waals surface area (Å²) in [5.74, 6) is 0.173. The van der Waals surface area contributed by atoms with E-state index in [2.05, 4.69) is 22.0 Å². The Morgan fingerprint density at radius 3 is 2.26 bits per heavy atom. The molecule has 4 heterocycles. The number of aliphatic hydroxyl groups excluding tert-OH is 1. The second-order valence-corrected chi connectivity index (χ2v) is 18.6. The van der Waals surface area contributed by atoms with Crippen LogP contribution in [0.25, 0.3) is 5.52 Å². The maximum absolute atomic E-state index is 13.0. The normalized spacial score (nSPS) is 20.0. The third-order valence-electron chi connectivity index (χ3n) is 10.3. The Balaban J connectivity index is 1.19. The van der Waals surface area contributed by atoms with Gasteiger partial charge in [-0.25, -0.2) is 22.5 Å². The molecule has 1 fully saturated rings. The average Bonchev–Trinajstić information content (AvgIpc) is 3.79. The molecule has 1 unspecified atom stereocenters. The number of hydrogen-bond donors (Lipinski definition) is 3. The van der Waals surface area contributed by atoms with Gasteiger partial charge in [0.2, 0.25) is 5.60 Å². The van der Waals surface area contributed by atoms with Crippen LogP contribution in [0.5, 0.6) is 0 Å². The zero-order valence-corrected chi connectivity index (χ0v) is 35.8. The van der Waals surface area contributed by atoms with E-state index in [1.165, 1.54) is 113 Å². The highest BCUT2D eigenvalue weighted by Gasteiger charge is 2.52. The molecular weight excluding hydrogens is 788 g/mol. The van der Waals surface area contributed by atoms with Crippen LogP contribution in [0.15, 0.2) is 41.8 Å². The summed E-state index contributed by atoms with van der Waals surface area (Å²) in [5, 5.41) is 25.2. The van der Waals surface area contributed by atoms with Crippen LogP contribution >= 0.6 is 7.82 Å². The average molecular weight is 851 g/mol. The number of sulfone groups is 1. The molecule has 0 amide bonds. The van der Waals surface area contributed by atoms with Crippen molar-refractivity contribution in [1.82, 2.24) is 19.6 Å². The number of phosphoric acid groups is 1. The van der Waals surface area contributed by atoms with Gasteiger partial charge in [0.1, 0.15) is 30.1 Å². The molecule has 1 aliphatic rings. The number of anilines is 1. The van der Waals surface area contributed by atoms with Crippen LogP contribution in [0.4, 0.5) is 5.82 Å². The van der Waals surface area contributed by atoms with Crippen LogP contribution in [0.2, 0.25) is 0 Å². The third kappa shape index (κ3) is 15.2. The summed E-state index contributed by atoms with van der Waals surface area (Å²) in [4.78, 5) is 18.6. The van der Waals surface area contributed by atoms with Crippen molar-refractivity contribution in [1.29, 1.82) is 5.26 Å². The van der Waals surface area contributed by atoms with Gasteiger partial charge in [0.25, 0.3) is 0 Å². The minimum atomic E-state index is -4.69. The van der Waals surface area contributed by atoms with Gasteiger partial charge < -0.3 is 29.9 Å². The molecule has 1 aliphatic heterocycles. The lowest BCUT2D eigenvalue weighted by atomic mass is 9.94. The van der Waals surface area contributed by atoms with Gasteiger partial charge >= 0.3 is 7.82 Å². The zero-order chi connectivity index (χ0) is 41.9. The number of nitriles is 1. The van der Waals surface area contributed by atoms with E-state index in [1.807, 2.05) is 6.07 Å². The minimum Gasteiger partial charge on any atom is -0.388 e. The number of nitrogen functional groups attached to an aromatic ring is 1. The number of ether oxygens (including phenoxy) is 3. The summed E-state index contributed by atoms with van der Waals surface area (Å²) in [6.45, 7) is 1.84. The standard InChI is InChI=1S/C40H63N6O10PS/c1-3-4-5-6-7-8-9-10-11-12-13-14-15-16-17-18-21-52-27-34(53-26-32-22-35(25-43-24-32)58(2,50)51)29-55-57(48,49)54-28-33-23-38(47)40(30-41,56-33)37-20-19-36-39(42)44-31-45-46(36)37/h19-20,22,24-25,31,33-34,38,47H,3-18,21,23,26-29H2,1-2H3,(H,48,49)(H2,42,44,45)/t33-,34+,38+,40-/m0/s1. The third-order valence-corrected chi connectivity index (χ3v) is 12.3. The Morgan fingerprint density at radius 2 is 1.64 bits per heavy atom. The molecule has 18 heteroatoms. The molecule has 4 N–H and O–H groups in total. The van der Waals surface area contributed by atoms with E-state index in [0.29, 0.717) is 17.7 Å². The second kappa shape index (κ2) is 24.3. The van der Waals surface area contributed by atoms with Crippen LogP contribution < -0.4 is 5.73 Å². The van der Waals surface area contributed by atoms with E-state index in [-0.39, 0.29) is 42.6 Å². The zero-order valence-electron chi connectivity index (χ0n) is 34.1. The molecule has 0 aromatic carbocycles. The Morgan fingerprint density at radius 1 is 1.00 bits per heavy atom. The number of nitrogens with two attached hydrogens (primary N) is 1. The molecule has 0 saturated carbocycles. The first-order chi connectivity index (χ1) is 27.9. The van der Waals surface area contributed by atoms with Crippen molar-refractivity contribution in [2.45, 2.75) is 151 Å². The molecule has 58 heavy (non-hydrogen) atoms. The summed E-state index contributed by atoms with van der Waals surface area (Å²) in [7, 11) is -8.19. The van der Waals surface area contributed by atoms with Gasteiger partial charge in [-0.3, -0.25) is 14.0 Å². The molecular formula is C40H63N6O10PS. The first-order valence-electron chi connectivity index (χ1n) is 20.7. The van der Waals surface area contributed by atoms with Crippen LogP contribution in [0.3, 0.4) is 0 Å². The van der Waals surface area contributed by atoms with Gasteiger partial charge in [0.05, 0.1) is 43.1 Å². The van der Waals surface area contributed by atoms with Gasteiger partial charge in [0, 0.05) is 31.7 Å². The number of pyridine rings is 1. The fourth-order valence-corrected chi connectivity index (χ4v) is 8.39. The molecule has 324 valence electrons. The van der Waals surface area contributed by atoms with E-state index >= 15 is 0 Å². The minimum absolute atomic E-state index is 0.0385. The molecule has 1 saturated heterocycles. The molecule has 4 rings (SSSR count). The topological polar surface area (TPSA) is 231 Å². The quantitative estimate of drug-likeness (QED) is 0.0454. The smallest absolute Gasteiger partial charge is 0.388 e. The summed E-state index contributed by atoms with van der Waals surface area (Å²) in [6, 6.07) is 6.62. The number of rotatable bonds is 30. The molecule has 0 radical (unpaired) electrons. The number of nitrogens with zero attached hydrogens (tertiary/aromatic N) is 5. The van der Waals surface area contributed by atoms with Crippen molar-refractivity contribution in [3.05, 3.63) is 48.2 Å². The van der Waals surface area contributed by atoms with Crippen molar-refractivity contribution in [2.24, 2.45) is 0 Å². The van der Waals surface area contributed by atoms with Gasteiger partial charge in [0.15, 0.2) is 15.7 Å². The van der Waals surface area contributed by atoms with Crippen molar-refractivity contribution in [3.63, 3.8) is 0 Å². The van der Waals surface area contributed by atoms with E-state index < -0.39 is 48.2 Å². The van der Waals surface area contributed by atoms with Crippen molar-refractivity contribution >= 4 is 29.0 Å². The molecule has 0 spiro atoms. The second-order valence-electron chi connectivity index (χ2n) is 15.2. The number of aliphatic hydroxyl groups is 1. The van der Waals surface area contributed by atoms with Crippen LogP contribution in [-0.2, 0) is 49.9 Å². The van der Waals surface area contributed by atoms with E-state index in [0.717, 1.165) is 25.5 Å². The van der Waals surface area contributed by atoms with E-state index in [1.54, 1.807) is 12.1 Å². The molecule has 16 nitrogen and oxygen atoms in total. The van der Waals surface area contributed by atoms with Gasteiger partial charge in [-0.1, -0.05) is 103 Å². The van der Waals surface area contributed by atoms with Gasteiger partial charge in [-0.15, -0.1) is 0 Å². The number of aromatic nitrogens is 4. The summed E-state index contributed by atoms with van der Waals surface area (Å²) in [6.07, 6.45) is 22.1. The monoisotopic (exact) mass is 850 g/mol. The molecule has 3 aromatic heterocycles. The first kappa shape index (κ1) is 47.6. The highest BCUT2D eigenvalue weighted by molar-refractivity contribution is 7.90. The molecule has 0 bridgehead atoms. The van der Waals surface area contributed by atoms with Gasteiger partial charge in [-0.2, -0.15) is 10.4 Å². The van der Waals surface area contributed by atoms with Crippen molar-refractivity contribution in [3.8, 4) is 6.07 Å². The van der Waals surface area contributed by atoms with Crippen molar-refractivity contribution in [2.75, 3.05) is 38.4 Å². The largest absolute Gasteiger partial charge is 0.472 e. The lowest BCUT2D eigenvalue weighted by Crippen LogP contribution is -2.36. The fourth-order valence-electron chi connectivity index (χ4n) is 6.99. The number of unbranched alkanes of at least 4 members (excludes halogenated alkanes) is 15. The maximum Gasteiger partial charge on any atom is 0.472 e. The highest BCUT2D eigenvalue weighted by Crippen LogP contribution is 2.46. The summed E-state index contributed by atoms with van der Waals surface area (Å²) in [5.41, 5.74) is 5.19. The van der Waals surface area contributed by atoms with E-state index in [4.69, 9.17) is 29.0 Å². The Hall–Kier alpha value is -3.04. The van der Waals surface area contributed by atoms with Gasteiger partial charge in [-0.05, 0) is 30.2 Å². The predicted octanol–water partition coefficient (Wildman–Crippen LogP) is 6.98. The van der Waals surface area contributed by atoms with Crippen molar-refractivity contribution < 1.29 is 46.2 Å². The predicted molar refractivity (Wildman–Crippen MR) is 218 cm³/mol. The lowest BCUT2D eigenvalue weighted by Gasteiger charge is -2.24. The molecule has 0 aliphatic carbocycles. The number of fused-ring (bicyclic) bond motifs is 1. The summed E-state index contributed by atoms with van der Waals surface area (Å²) < 4.78 is 66.8. The molecule has 5 atom stereocenters. The fraction of sp³-hybridized carbons (Fsp3) is 0.700. The first-order valence-corrected chi connectivity index (χ1v) is 24.1.